The molecule has 4 nitrogen and oxygen atoms in total. The van der Waals surface area contributed by atoms with Gasteiger partial charge in [-0.25, -0.2) is 0 Å². The average Bonchev–Trinajstić information content (AvgIpc) is 2.73. The van der Waals surface area contributed by atoms with Crippen LogP contribution in [0.15, 0.2) is 18.5 Å². The standard InChI is InChI=1S/C15H18N2O2/c18-11-5-6-13-12-16-8-7-14(13)15(19)17-9-3-1-2-4-10-17/h7-8,12,18H,1-4,9-11H2. The number of aliphatic hydroxyl groups is 1. The van der Waals surface area contributed by atoms with Crippen molar-refractivity contribution in [2.24, 2.45) is 0 Å². The molecule has 1 N–H and O–H groups in total. The second-order valence-corrected chi connectivity index (χ2v) is 4.59. The first-order valence-corrected chi connectivity index (χ1v) is 6.66. The van der Waals surface area contributed by atoms with Crippen LogP contribution in [0.3, 0.4) is 0 Å². The first kappa shape index (κ1) is 13.6. The lowest BCUT2D eigenvalue weighted by molar-refractivity contribution is 0.0761. The third-order valence-corrected chi connectivity index (χ3v) is 3.25. The number of amides is 1. The summed E-state index contributed by atoms with van der Waals surface area (Å²) in [6.45, 7) is 1.41. The summed E-state index contributed by atoms with van der Waals surface area (Å²) in [6.07, 6.45) is 7.69. The van der Waals surface area contributed by atoms with Gasteiger partial charge in [0.2, 0.25) is 0 Å². The Morgan fingerprint density at radius 2 is 2.05 bits per heavy atom. The maximum Gasteiger partial charge on any atom is 0.255 e. The van der Waals surface area contributed by atoms with Gasteiger partial charge in [0.25, 0.3) is 5.91 Å². The van der Waals surface area contributed by atoms with Gasteiger partial charge in [-0.1, -0.05) is 24.7 Å². The van der Waals surface area contributed by atoms with Crippen LogP contribution in [-0.2, 0) is 0 Å². The van der Waals surface area contributed by atoms with E-state index in [9.17, 15) is 4.79 Å². The van der Waals surface area contributed by atoms with Crippen LogP contribution in [0, 0.1) is 11.8 Å². The van der Waals surface area contributed by atoms with Crippen LogP contribution in [0.25, 0.3) is 0 Å². The molecule has 1 aliphatic heterocycles. The van der Waals surface area contributed by atoms with E-state index in [-0.39, 0.29) is 12.5 Å². The molecule has 4 heteroatoms. The number of pyridine rings is 1. The molecule has 0 atom stereocenters. The molecule has 0 bridgehead atoms. The lowest BCUT2D eigenvalue weighted by atomic mass is 10.1. The highest BCUT2D eigenvalue weighted by Gasteiger charge is 2.19. The molecule has 1 amide bonds. The predicted octanol–water partition coefficient (Wildman–Crippen LogP) is 1.44. The van der Waals surface area contributed by atoms with Crippen LogP contribution in [0.1, 0.15) is 41.6 Å². The van der Waals surface area contributed by atoms with E-state index in [1.807, 2.05) is 4.90 Å². The fourth-order valence-corrected chi connectivity index (χ4v) is 2.26. The number of aromatic nitrogens is 1. The van der Waals surface area contributed by atoms with Crippen molar-refractivity contribution in [3.63, 3.8) is 0 Å². The molecular weight excluding hydrogens is 240 g/mol. The highest BCUT2D eigenvalue weighted by atomic mass is 16.2. The van der Waals surface area contributed by atoms with Gasteiger partial charge in [-0.05, 0) is 18.9 Å². The molecular formula is C15H18N2O2. The predicted molar refractivity (Wildman–Crippen MR) is 72.6 cm³/mol. The number of likely N-dealkylation sites (tertiary alicyclic amines) is 1. The minimum absolute atomic E-state index is 0.0199. The summed E-state index contributed by atoms with van der Waals surface area (Å²) in [5.41, 5.74) is 1.17. The number of rotatable bonds is 1. The Balaban J connectivity index is 2.22. The summed E-state index contributed by atoms with van der Waals surface area (Å²) in [6, 6.07) is 1.70. The fourth-order valence-electron chi connectivity index (χ4n) is 2.26. The van der Waals surface area contributed by atoms with Gasteiger partial charge in [0.15, 0.2) is 0 Å². The van der Waals surface area contributed by atoms with Gasteiger partial charge in [-0.3, -0.25) is 9.78 Å². The van der Waals surface area contributed by atoms with E-state index in [4.69, 9.17) is 5.11 Å². The van der Waals surface area contributed by atoms with E-state index < -0.39 is 0 Å². The average molecular weight is 258 g/mol. The molecule has 1 aromatic heterocycles. The van der Waals surface area contributed by atoms with Crippen LogP contribution in [-0.4, -0.2) is 40.6 Å². The summed E-state index contributed by atoms with van der Waals surface area (Å²) in [5.74, 6) is 5.38. The van der Waals surface area contributed by atoms with Crippen LogP contribution < -0.4 is 0 Å². The number of nitrogens with zero attached hydrogens (tertiary/aromatic N) is 2. The molecule has 1 saturated heterocycles. The van der Waals surface area contributed by atoms with Crippen molar-refractivity contribution in [1.82, 2.24) is 9.88 Å². The molecule has 1 aliphatic rings. The molecule has 0 aromatic carbocycles. The van der Waals surface area contributed by atoms with Crippen molar-refractivity contribution in [1.29, 1.82) is 0 Å². The van der Waals surface area contributed by atoms with Gasteiger partial charge in [-0.2, -0.15) is 0 Å². The highest BCUT2D eigenvalue weighted by Crippen LogP contribution is 2.15. The van der Waals surface area contributed by atoms with Crippen molar-refractivity contribution < 1.29 is 9.90 Å². The second-order valence-electron chi connectivity index (χ2n) is 4.59. The molecule has 1 aromatic rings. The molecule has 2 rings (SSSR count). The van der Waals surface area contributed by atoms with Crippen molar-refractivity contribution >= 4 is 5.91 Å². The van der Waals surface area contributed by atoms with Gasteiger partial charge in [0.05, 0.1) is 11.1 Å². The lowest BCUT2D eigenvalue weighted by Gasteiger charge is -2.20. The molecule has 0 spiro atoms. The Hall–Kier alpha value is -1.86. The number of carbonyl (C=O) groups is 1. The zero-order valence-electron chi connectivity index (χ0n) is 10.9. The first-order chi connectivity index (χ1) is 9.33. The maximum absolute atomic E-state index is 12.5. The minimum Gasteiger partial charge on any atom is -0.384 e. The largest absolute Gasteiger partial charge is 0.384 e. The van der Waals surface area contributed by atoms with Gasteiger partial charge in [0.1, 0.15) is 6.61 Å². The van der Waals surface area contributed by atoms with Gasteiger partial charge in [-0.15, -0.1) is 0 Å². The second kappa shape index (κ2) is 6.91. The first-order valence-electron chi connectivity index (χ1n) is 6.66. The molecule has 0 aliphatic carbocycles. The van der Waals surface area contributed by atoms with E-state index in [0.29, 0.717) is 11.1 Å². The van der Waals surface area contributed by atoms with Crippen molar-refractivity contribution in [2.45, 2.75) is 25.7 Å². The maximum atomic E-state index is 12.5. The zero-order chi connectivity index (χ0) is 13.5. The van der Waals surface area contributed by atoms with Gasteiger partial charge in [0, 0.05) is 25.5 Å². The van der Waals surface area contributed by atoms with Gasteiger partial charge >= 0.3 is 0 Å². The molecule has 2 heterocycles. The van der Waals surface area contributed by atoms with Crippen molar-refractivity contribution in [2.75, 3.05) is 19.7 Å². The fraction of sp³-hybridized carbons (Fsp3) is 0.467. The Morgan fingerprint density at radius 3 is 2.74 bits per heavy atom. The van der Waals surface area contributed by atoms with Crippen LogP contribution >= 0.6 is 0 Å². The third kappa shape index (κ3) is 3.55. The highest BCUT2D eigenvalue weighted by molar-refractivity contribution is 5.96. The minimum atomic E-state index is -0.216. The summed E-state index contributed by atoms with van der Waals surface area (Å²) >= 11 is 0. The van der Waals surface area contributed by atoms with E-state index in [1.165, 1.54) is 12.8 Å². The molecule has 1 fully saturated rings. The third-order valence-electron chi connectivity index (χ3n) is 3.25. The summed E-state index contributed by atoms with van der Waals surface area (Å²) in [5, 5.41) is 8.75. The number of hydrogen-bond acceptors (Lipinski definition) is 3. The van der Waals surface area contributed by atoms with Crippen LogP contribution in [0.4, 0.5) is 0 Å². The van der Waals surface area contributed by atoms with Crippen LogP contribution in [0.5, 0.6) is 0 Å². The normalized spacial score (nSPS) is 15.3. The summed E-state index contributed by atoms with van der Waals surface area (Å²) in [7, 11) is 0. The molecule has 0 unspecified atom stereocenters. The molecule has 0 radical (unpaired) electrons. The number of hydrogen-bond donors (Lipinski definition) is 1. The topological polar surface area (TPSA) is 53.4 Å². The monoisotopic (exact) mass is 258 g/mol. The quantitative estimate of drug-likeness (QED) is 0.776. The van der Waals surface area contributed by atoms with Gasteiger partial charge < -0.3 is 10.0 Å². The van der Waals surface area contributed by atoms with Crippen molar-refractivity contribution in [3.05, 3.63) is 29.6 Å². The Kier molecular flexibility index (Phi) is 4.93. The molecule has 100 valence electrons. The zero-order valence-corrected chi connectivity index (χ0v) is 10.9. The smallest absolute Gasteiger partial charge is 0.255 e. The Bertz CT molecular complexity index is 494. The molecule has 0 saturated carbocycles. The van der Waals surface area contributed by atoms with Crippen LogP contribution in [0.2, 0.25) is 0 Å². The lowest BCUT2D eigenvalue weighted by Crippen LogP contribution is -2.32. The van der Waals surface area contributed by atoms with E-state index in [2.05, 4.69) is 16.8 Å². The SMILES string of the molecule is O=C(c1ccncc1C#CCO)N1CCCCCC1. The number of aliphatic hydroxyl groups excluding tert-OH is 1. The van der Waals surface area contributed by atoms with E-state index in [1.54, 1.807) is 18.5 Å². The Morgan fingerprint density at radius 1 is 1.32 bits per heavy atom. The summed E-state index contributed by atoms with van der Waals surface area (Å²) in [4.78, 5) is 18.4. The number of carbonyl (C=O) groups excluding carboxylic acids is 1. The van der Waals surface area contributed by atoms with E-state index >= 15 is 0 Å². The van der Waals surface area contributed by atoms with E-state index in [0.717, 1.165) is 25.9 Å². The summed E-state index contributed by atoms with van der Waals surface area (Å²) < 4.78 is 0. The van der Waals surface area contributed by atoms with Crippen molar-refractivity contribution in [3.8, 4) is 11.8 Å². The molecule has 19 heavy (non-hydrogen) atoms. The Labute approximate surface area is 113 Å².